The van der Waals surface area contributed by atoms with Gasteiger partial charge >= 0.3 is 0 Å². The quantitative estimate of drug-likeness (QED) is 0.642. The Balaban J connectivity index is 0. The fraction of sp³-hybridized carbons (Fsp3) is 0.500. The van der Waals surface area contributed by atoms with Gasteiger partial charge in [-0.25, -0.2) is 0 Å². The summed E-state index contributed by atoms with van der Waals surface area (Å²) in [6.45, 7) is 6.33. The van der Waals surface area contributed by atoms with E-state index in [-0.39, 0.29) is 30.6 Å². The molecule has 0 radical (unpaired) electrons. The molecule has 0 bridgehead atoms. The molecule has 0 aliphatic carbocycles. The molecule has 0 saturated heterocycles. The first-order valence-electron chi connectivity index (χ1n) is 5.52. The lowest BCUT2D eigenvalue weighted by Crippen LogP contribution is -2.24. The number of phenols is 1. The summed E-state index contributed by atoms with van der Waals surface area (Å²) in [5, 5.41) is 9.53. The van der Waals surface area contributed by atoms with Crippen LogP contribution in [0, 0.1) is 0 Å². The Kier molecular flexibility index (Phi) is 10.1. The van der Waals surface area contributed by atoms with Crippen molar-refractivity contribution < 1.29 is 5.11 Å². The van der Waals surface area contributed by atoms with Crippen LogP contribution in [0.4, 0.5) is 11.4 Å². The van der Waals surface area contributed by atoms with Gasteiger partial charge in [0.25, 0.3) is 0 Å². The molecule has 0 aromatic heterocycles. The van der Waals surface area contributed by atoms with Crippen molar-refractivity contribution in [3.8, 4) is 5.75 Å². The summed E-state index contributed by atoms with van der Waals surface area (Å²) < 4.78 is 0. The third-order valence-corrected chi connectivity index (χ3v) is 2.37. The third-order valence-electron chi connectivity index (χ3n) is 2.37. The second-order valence-electron chi connectivity index (χ2n) is 3.73. The van der Waals surface area contributed by atoms with E-state index in [1.54, 1.807) is 12.1 Å². The highest BCUT2D eigenvalue weighted by Crippen LogP contribution is 2.26. The van der Waals surface area contributed by atoms with E-state index in [0.29, 0.717) is 5.69 Å². The van der Waals surface area contributed by atoms with Crippen LogP contribution in [0.2, 0.25) is 0 Å². The minimum absolute atomic E-state index is 0. The molecule has 0 atom stereocenters. The molecular weight excluding hydrogens is 259 g/mol. The van der Waals surface area contributed by atoms with Crippen molar-refractivity contribution in [3.05, 3.63) is 18.2 Å². The molecule has 5 heteroatoms. The van der Waals surface area contributed by atoms with Crippen molar-refractivity contribution in [3.63, 3.8) is 0 Å². The first-order chi connectivity index (χ1) is 7.19. The minimum Gasteiger partial charge on any atom is -0.506 e. The molecule has 1 rings (SSSR count). The van der Waals surface area contributed by atoms with Crippen LogP contribution in [0.15, 0.2) is 18.2 Å². The number of aromatic hydroxyl groups is 1. The third kappa shape index (κ3) is 5.37. The van der Waals surface area contributed by atoms with E-state index in [4.69, 9.17) is 5.73 Å². The zero-order valence-electron chi connectivity index (χ0n) is 10.3. The maximum atomic E-state index is 9.53. The predicted molar refractivity (Wildman–Crippen MR) is 79.8 cm³/mol. The van der Waals surface area contributed by atoms with E-state index in [1.165, 1.54) is 0 Å². The SMILES string of the molecule is CCCN(CCC)c1ccc(N)c(O)c1.Cl.Cl. The molecule has 0 saturated carbocycles. The largest absolute Gasteiger partial charge is 0.506 e. The van der Waals surface area contributed by atoms with Crippen molar-refractivity contribution in [2.45, 2.75) is 26.7 Å². The number of nitrogen functional groups attached to an aromatic ring is 1. The lowest BCUT2D eigenvalue weighted by Gasteiger charge is -2.24. The van der Waals surface area contributed by atoms with Crippen LogP contribution >= 0.6 is 24.8 Å². The van der Waals surface area contributed by atoms with Crippen LogP contribution in [0.25, 0.3) is 0 Å². The Morgan fingerprint density at radius 1 is 1.12 bits per heavy atom. The number of rotatable bonds is 5. The van der Waals surface area contributed by atoms with E-state index in [2.05, 4.69) is 18.7 Å². The van der Waals surface area contributed by atoms with E-state index in [0.717, 1.165) is 31.6 Å². The number of nitrogens with two attached hydrogens (primary N) is 1. The fourth-order valence-electron chi connectivity index (χ4n) is 1.64. The van der Waals surface area contributed by atoms with Crippen LogP contribution < -0.4 is 10.6 Å². The van der Waals surface area contributed by atoms with Gasteiger partial charge in [0.2, 0.25) is 0 Å². The highest BCUT2D eigenvalue weighted by molar-refractivity contribution is 5.85. The Bertz CT molecular complexity index is 315. The second kappa shape index (κ2) is 9.25. The topological polar surface area (TPSA) is 49.5 Å². The average Bonchev–Trinajstić information content (AvgIpc) is 2.22. The highest BCUT2D eigenvalue weighted by Gasteiger charge is 2.06. The molecule has 1 aromatic rings. The van der Waals surface area contributed by atoms with Gasteiger partial charge in [0.05, 0.1) is 5.69 Å². The standard InChI is InChI=1S/C12H20N2O.2ClH/c1-3-7-14(8-4-2)10-5-6-11(13)12(15)9-10;;/h5-6,9,15H,3-4,7-8,13H2,1-2H3;2*1H. The summed E-state index contributed by atoms with van der Waals surface area (Å²) in [7, 11) is 0. The van der Waals surface area contributed by atoms with E-state index in [9.17, 15) is 5.11 Å². The molecule has 0 fully saturated rings. The molecule has 0 amide bonds. The number of halogens is 2. The molecule has 0 aliphatic rings. The predicted octanol–water partition coefficient (Wildman–Crippen LogP) is 3.44. The van der Waals surface area contributed by atoms with Crippen LogP contribution in [-0.2, 0) is 0 Å². The van der Waals surface area contributed by atoms with Gasteiger partial charge in [0, 0.05) is 24.8 Å². The van der Waals surface area contributed by atoms with Crippen LogP contribution in [0.5, 0.6) is 5.75 Å². The van der Waals surface area contributed by atoms with Crippen molar-refractivity contribution >= 4 is 36.2 Å². The zero-order chi connectivity index (χ0) is 11.3. The van der Waals surface area contributed by atoms with Crippen LogP contribution in [0.3, 0.4) is 0 Å². The monoisotopic (exact) mass is 280 g/mol. The molecule has 0 spiro atoms. The molecule has 3 nitrogen and oxygen atoms in total. The molecule has 1 aromatic carbocycles. The van der Waals surface area contributed by atoms with Gasteiger partial charge in [-0.2, -0.15) is 0 Å². The molecular formula is C12H22Cl2N2O. The summed E-state index contributed by atoms with van der Waals surface area (Å²) in [6, 6.07) is 5.45. The Morgan fingerprint density at radius 2 is 1.65 bits per heavy atom. The number of anilines is 2. The minimum atomic E-state index is 0. The summed E-state index contributed by atoms with van der Waals surface area (Å²) in [6.07, 6.45) is 2.20. The number of phenolic OH excluding ortho intramolecular Hbond substituents is 1. The van der Waals surface area contributed by atoms with Crippen molar-refractivity contribution in [1.29, 1.82) is 0 Å². The number of benzene rings is 1. The zero-order valence-corrected chi connectivity index (χ0v) is 12.0. The van der Waals surface area contributed by atoms with Crippen molar-refractivity contribution in [2.24, 2.45) is 0 Å². The summed E-state index contributed by atoms with van der Waals surface area (Å²) >= 11 is 0. The van der Waals surface area contributed by atoms with E-state index >= 15 is 0 Å². The number of nitrogens with zero attached hydrogens (tertiary/aromatic N) is 1. The van der Waals surface area contributed by atoms with Gasteiger partial charge in [-0.05, 0) is 25.0 Å². The maximum Gasteiger partial charge on any atom is 0.140 e. The lowest BCUT2D eigenvalue weighted by molar-refractivity contribution is 0.478. The van der Waals surface area contributed by atoms with Gasteiger partial charge in [-0.1, -0.05) is 13.8 Å². The first kappa shape index (κ1) is 18.6. The van der Waals surface area contributed by atoms with Crippen molar-refractivity contribution in [1.82, 2.24) is 0 Å². The molecule has 0 unspecified atom stereocenters. The molecule has 3 N–H and O–H groups in total. The van der Waals surface area contributed by atoms with Gasteiger partial charge in [-0.3, -0.25) is 0 Å². The molecule has 17 heavy (non-hydrogen) atoms. The smallest absolute Gasteiger partial charge is 0.140 e. The number of hydrogen-bond acceptors (Lipinski definition) is 3. The second-order valence-corrected chi connectivity index (χ2v) is 3.73. The number of hydrogen-bond donors (Lipinski definition) is 2. The molecule has 0 aliphatic heterocycles. The van der Waals surface area contributed by atoms with Gasteiger partial charge in [0.1, 0.15) is 5.75 Å². The summed E-state index contributed by atoms with van der Waals surface area (Å²) in [5.74, 6) is 0.171. The molecule has 100 valence electrons. The lowest BCUT2D eigenvalue weighted by atomic mass is 10.2. The first-order valence-corrected chi connectivity index (χ1v) is 5.52. The van der Waals surface area contributed by atoms with E-state index < -0.39 is 0 Å². The van der Waals surface area contributed by atoms with Gasteiger partial charge in [0.15, 0.2) is 0 Å². The Hall–Kier alpha value is -0.800. The Labute approximate surface area is 116 Å². The van der Waals surface area contributed by atoms with Crippen LogP contribution in [0.1, 0.15) is 26.7 Å². The van der Waals surface area contributed by atoms with E-state index in [1.807, 2.05) is 6.07 Å². The fourth-order valence-corrected chi connectivity index (χ4v) is 1.64. The summed E-state index contributed by atoms with van der Waals surface area (Å²) in [4.78, 5) is 2.26. The van der Waals surface area contributed by atoms with Gasteiger partial charge < -0.3 is 15.7 Å². The average molecular weight is 281 g/mol. The highest BCUT2D eigenvalue weighted by atomic mass is 35.5. The van der Waals surface area contributed by atoms with Crippen molar-refractivity contribution in [2.75, 3.05) is 23.7 Å². The molecule has 0 heterocycles. The van der Waals surface area contributed by atoms with Gasteiger partial charge in [-0.15, -0.1) is 24.8 Å². The normalized spacial score (nSPS) is 9.06. The summed E-state index contributed by atoms with van der Waals surface area (Å²) in [5.41, 5.74) is 7.05. The van der Waals surface area contributed by atoms with Crippen LogP contribution in [-0.4, -0.2) is 18.2 Å². The Morgan fingerprint density at radius 3 is 2.06 bits per heavy atom. The maximum absolute atomic E-state index is 9.53.